The van der Waals surface area contributed by atoms with Crippen LogP contribution in [0.2, 0.25) is 0 Å². The van der Waals surface area contributed by atoms with E-state index in [4.69, 9.17) is 0 Å². The van der Waals surface area contributed by atoms with Crippen LogP contribution in [0.25, 0.3) is 0 Å². The highest BCUT2D eigenvalue weighted by molar-refractivity contribution is 5.88. The number of carboxylic acid groups (broad SMARTS) is 1. The summed E-state index contributed by atoms with van der Waals surface area (Å²) < 4.78 is 0. The van der Waals surface area contributed by atoms with E-state index in [1.165, 1.54) is 11.1 Å². The van der Waals surface area contributed by atoms with Crippen LogP contribution in [0.5, 0.6) is 0 Å². The number of likely N-dealkylation sites (N-methyl/N-ethyl adjacent to an activating group) is 1. The summed E-state index contributed by atoms with van der Waals surface area (Å²) in [5, 5.41) is 9.26. The molecule has 2 rings (SSSR count). The molecule has 0 unspecified atom stereocenters. The summed E-state index contributed by atoms with van der Waals surface area (Å²) in [5.74, 6) is -0.931. The minimum absolute atomic E-state index is 0.0272. The van der Waals surface area contributed by atoms with Crippen LogP contribution in [0.3, 0.4) is 0 Å². The van der Waals surface area contributed by atoms with Gasteiger partial charge < -0.3 is 5.11 Å². The number of nitrogens with zero attached hydrogens (tertiary/aromatic N) is 2. The van der Waals surface area contributed by atoms with Crippen LogP contribution >= 0.6 is 0 Å². The van der Waals surface area contributed by atoms with Crippen LogP contribution < -0.4 is 0 Å². The SMILES string of the molecule is Cc1ccc(C(C)(C)CN(C)Cc2ncccc2C(=O)O)cc1. The minimum atomic E-state index is -0.931. The molecule has 0 aliphatic carbocycles. The van der Waals surface area contributed by atoms with E-state index in [1.807, 2.05) is 7.05 Å². The van der Waals surface area contributed by atoms with Crippen molar-refractivity contribution in [1.29, 1.82) is 0 Å². The number of hydrogen-bond acceptors (Lipinski definition) is 3. The fourth-order valence-corrected chi connectivity index (χ4v) is 2.84. The molecule has 0 spiro atoms. The average molecular weight is 312 g/mol. The molecule has 0 radical (unpaired) electrons. The molecular weight excluding hydrogens is 288 g/mol. The molecule has 1 aromatic carbocycles. The molecule has 1 aromatic heterocycles. The van der Waals surface area contributed by atoms with Crippen molar-refractivity contribution in [3.8, 4) is 0 Å². The number of benzene rings is 1. The molecule has 2 aromatic rings. The lowest BCUT2D eigenvalue weighted by Crippen LogP contribution is -2.34. The molecule has 4 heteroatoms. The summed E-state index contributed by atoms with van der Waals surface area (Å²) in [6, 6.07) is 11.8. The first-order chi connectivity index (χ1) is 10.8. The van der Waals surface area contributed by atoms with Crippen molar-refractivity contribution < 1.29 is 9.90 Å². The van der Waals surface area contributed by atoms with Gasteiger partial charge in [-0.05, 0) is 31.7 Å². The highest BCUT2D eigenvalue weighted by Gasteiger charge is 2.23. The van der Waals surface area contributed by atoms with Gasteiger partial charge in [-0.15, -0.1) is 0 Å². The van der Waals surface area contributed by atoms with Crippen molar-refractivity contribution in [2.45, 2.75) is 32.7 Å². The second-order valence-corrected chi connectivity index (χ2v) is 6.73. The van der Waals surface area contributed by atoms with Gasteiger partial charge in [-0.2, -0.15) is 0 Å². The third-order valence-electron chi connectivity index (χ3n) is 4.04. The second kappa shape index (κ2) is 6.92. The Kier molecular flexibility index (Phi) is 5.16. The first-order valence-corrected chi connectivity index (χ1v) is 7.72. The Hall–Kier alpha value is -2.20. The Labute approximate surface area is 137 Å². The van der Waals surface area contributed by atoms with Gasteiger partial charge in [0.1, 0.15) is 0 Å². The van der Waals surface area contributed by atoms with Gasteiger partial charge in [0.2, 0.25) is 0 Å². The number of aryl methyl sites for hydroxylation is 1. The second-order valence-electron chi connectivity index (χ2n) is 6.73. The Balaban J connectivity index is 2.11. The van der Waals surface area contributed by atoms with Gasteiger partial charge in [-0.1, -0.05) is 43.7 Å². The number of aromatic carboxylic acids is 1. The van der Waals surface area contributed by atoms with Gasteiger partial charge in [-0.3, -0.25) is 9.88 Å². The smallest absolute Gasteiger partial charge is 0.337 e. The monoisotopic (exact) mass is 312 g/mol. The lowest BCUT2D eigenvalue weighted by molar-refractivity contribution is 0.0694. The molecule has 0 atom stereocenters. The van der Waals surface area contributed by atoms with E-state index >= 15 is 0 Å². The molecule has 0 amide bonds. The summed E-state index contributed by atoms with van der Waals surface area (Å²) in [5.41, 5.74) is 3.36. The molecule has 0 aliphatic heterocycles. The summed E-state index contributed by atoms with van der Waals surface area (Å²) in [6.07, 6.45) is 1.64. The Morgan fingerprint density at radius 1 is 1.22 bits per heavy atom. The van der Waals surface area contributed by atoms with E-state index < -0.39 is 5.97 Å². The van der Waals surface area contributed by atoms with E-state index in [0.717, 1.165) is 6.54 Å². The van der Waals surface area contributed by atoms with Crippen molar-refractivity contribution in [2.75, 3.05) is 13.6 Å². The van der Waals surface area contributed by atoms with Crippen LogP contribution in [-0.2, 0) is 12.0 Å². The van der Waals surface area contributed by atoms with Crippen LogP contribution in [0.1, 0.15) is 41.0 Å². The van der Waals surface area contributed by atoms with E-state index in [0.29, 0.717) is 12.2 Å². The minimum Gasteiger partial charge on any atom is -0.478 e. The van der Waals surface area contributed by atoms with Crippen LogP contribution in [-0.4, -0.2) is 34.6 Å². The Morgan fingerprint density at radius 2 is 1.87 bits per heavy atom. The zero-order valence-corrected chi connectivity index (χ0v) is 14.2. The molecular formula is C19H24N2O2. The lowest BCUT2D eigenvalue weighted by Gasteiger charge is -2.31. The molecule has 0 fully saturated rings. The predicted octanol–water partition coefficient (Wildman–Crippen LogP) is 3.50. The molecule has 1 N–H and O–H groups in total. The largest absolute Gasteiger partial charge is 0.478 e. The summed E-state index contributed by atoms with van der Waals surface area (Å²) in [4.78, 5) is 17.6. The Morgan fingerprint density at radius 3 is 2.48 bits per heavy atom. The van der Waals surface area contributed by atoms with Gasteiger partial charge >= 0.3 is 5.97 Å². The van der Waals surface area contributed by atoms with E-state index in [9.17, 15) is 9.90 Å². The topological polar surface area (TPSA) is 53.4 Å². The maximum atomic E-state index is 11.3. The number of hydrogen-bond donors (Lipinski definition) is 1. The molecule has 1 heterocycles. The number of pyridine rings is 1. The number of rotatable bonds is 6. The molecule has 0 bridgehead atoms. The van der Waals surface area contributed by atoms with Gasteiger partial charge in [0.25, 0.3) is 0 Å². The van der Waals surface area contributed by atoms with Gasteiger partial charge in [-0.25, -0.2) is 4.79 Å². The van der Waals surface area contributed by atoms with E-state index in [1.54, 1.807) is 18.3 Å². The first kappa shape index (κ1) is 17.2. The maximum absolute atomic E-state index is 11.3. The zero-order valence-electron chi connectivity index (χ0n) is 14.2. The molecule has 23 heavy (non-hydrogen) atoms. The van der Waals surface area contributed by atoms with Crippen molar-refractivity contribution in [1.82, 2.24) is 9.88 Å². The highest BCUT2D eigenvalue weighted by atomic mass is 16.4. The number of aromatic nitrogens is 1. The number of carbonyl (C=O) groups is 1. The van der Waals surface area contributed by atoms with Crippen LogP contribution in [0.4, 0.5) is 0 Å². The fourth-order valence-electron chi connectivity index (χ4n) is 2.84. The summed E-state index contributed by atoms with van der Waals surface area (Å²) in [6.45, 7) is 7.80. The van der Waals surface area contributed by atoms with Crippen LogP contribution in [0, 0.1) is 6.92 Å². The summed E-state index contributed by atoms with van der Waals surface area (Å²) >= 11 is 0. The van der Waals surface area contributed by atoms with Gasteiger partial charge in [0, 0.05) is 24.7 Å². The molecule has 0 saturated carbocycles. The van der Waals surface area contributed by atoms with Crippen molar-refractivity contribution in [2.24, 2.45) is 0 Å². The third-order valence-corrected chi connectivity index (χ3v) is 4.04. The average Bonchev–Trinajstić information content (AvgIpc) is 2.47. The van der Waals surface area contributed by atoms with Gasteiger partial charge in [0.15, 0.2) is 0 Å². The van der Waals surface area contributed by atoms with E-state index in [2.05, 4.69) is 54.9 Å². The summed E-state index contributed by atoms with van der Waals surface area (Å²) in [7, 11) is 2.00. The highest BCUT2D eigenvalue weighted by Crippen LogP contribution is 2.25. The number of carboxylic acids is 1. The molecule has 0 aliphatic rings. The first-order valence-electron chi connectivity index (χ1n) is 7.72. The quantitative estimate of drug-likeness (QED) is 0.887. The predicted molar refractivity (Wildman–Crippen MR) is 91.7 cm³/mol. The van der Waals surface area contributed by atoms with Crippen molar-refractivity contribution >= 4 is 5.97 Å². The fraction of sp³-hybridized carbons (Fsp3) is 0.368. The zero-order chi connectivity index (χ0) is 17.0. The third kappa shape index (κ3) is 4.39. The normalized spacial score (nSPS) is 11.7. The molecule has 122 valence electrons. The van der Waals surface area contributed by atoms with Crippen molar-refractivity contribution in [3.05, 3.63) is 65.0 Å². The van der Waals surface area contributed by atoms with Gasteiger partial charge in [0.05, 0.1) is 11.3 Å². The van der Waals surface area contributed by atoms with Crippen molar-refractivity contribution in [3.63, 3.8) is 0 Å². The standard InChI is InChI=1S/C19H24N2O2/c1-14-7-9-15(10-8-14)19(2,3)13-21(4)12-17-16(18(22)23)6-5-11-20-17/h5-11H,12-13H2,1-4H3,(H,22,23). The Bertz CT molecular complexity index is 678. The van der Waals surface area contributed by atoms with E-state index in [-0.39, 0.29) is 11.0 Å². The lowest BCUT2D eigenvalue weighted by atomic mass is 9.84. The molecule has 0 saturated heterocycles. The molecule has 4 nitrogen and oxygen atoms in total. The van der Waals surface area contributed by atoms with Crippen LogP contribution in [0.15, 0.2) is 42.6 Å². The maximum Gasteiger partial charge on any atom is 0.337 e.